The molecule has 1 saturated carbocycles. The maximum absolute atomic E-state index is 12.9. The minimum Gasteiger partial charge on any atom is -0.399 e. The molecule has 0 bridgehead atoms. The van der Waals surface area contributed by atoms with Crippen molar-refractivity contribution < 1.29 is 4.79 Å². The van der Waals surface area contributed by atoms with Crippen molar-refractivity contribution in [2.24, 2.45) is 5.92 Å². The molecule has 0 unspecified atom stereocenters. The molecular formula is C27H30N4O. The Labute approximate surface area is 189 Å². The molecule has 0 radical (unpaired) electrons. The van der Waals surface area contributed by atoms with Gasteiger partial charge in [0.05, 0.1) is 17.1 Å². The lowest BCUT2D eigenvalue weighted by Gasteiger charge is -2.23. The van der Waals surface area contributed by atoms with E-state index in [0.717, 1.165) is 59.9 Å². The molecule has 1 aromatic heterocycles. The minimum absolute atomic E-state index is 0.136. The minimum atomic E-state index is -0.136. The zero-order valence-electron chi connectivity index (χ0n) is 18.4. The van der Waals surface area contributed by atoms with Gasteiger partial charge in [-0.1, -0.05) is 56.4 Å². The van der Waals surface area contributed by atoms with Gasteiger partial charge in [-0.2, -0.15) is 0 Å². The van der Waals surface area contributed by atoms with Crippen LogP contribution in [0.5, 0.6) is 0 Å². The van der Waals surface area contributed by atoms with Crippen molar-refractivity contribution >= 4 is 17.4 Å². The monoisotopic (exact) mass is 426 g/mol. The number of nitrogens with two attached hydrogens (primary N) is 1. The molecule has 2 aliphatic carbocycles. The van der Waals surface area contributed by atoms with Crippen molar-refractivity contribution in [3.05, 3.63) is 71.0 Å². The largest absolute Gasteiger partial charge is 0.399 e. The van der Waals surface area contributed by atoms with Gasteiger partial charge in [-0.15, -0.1) is 0 Å². The predicted molar refractivity (Wildman–Crippen MR) is 129 cm³/mol. The van der Waals surface area contributed by atoms with Crippen LogP contribution < -0.4 is 11.1 Å². The number of rotatable bonds is 5. The molecule has 3 aromatic rings. The third-order valence-electron chi connectivity index (χ3n) is 6.84. The molecule has 0 spiro atoms. The molecule has 1 fully saturated rings. The summed E-state index contributed by atoms with van der Waals surface area (Å²) in [5, 5.41) is 3.07. The van der Waals surface area contributed by atoms with Crippen LogP contribution in [0.2, 0.25) is 0 Å². The average Bonchev–Trinajstić information content (AvgIpc) is 2.83. The number of carbonyl (C=O) groups is 1. The Balaban J connectivity index is 1.48. The number of nitrogen functional groups attached to an aromatic ring is 1. The first-order valence-electron chi connectivity index (χ1n) is 11.8. The van der Waals surface area contributed by atoms with Gasteiger partial charge in [0.1, 0.15) is 0 Å². The number of carbonyl (C=O) groups excluding carboxylic acids is 1. The fourth-order valence-corrected chi connectivity index (χ4v) is 5.06. The van der Waals surface area contributed by atoms with Crippen LogP contribution in [0.1, 0.15) is 65.8 Å². The summed E-state index contributed by atoms with van der Waals surface area (Å²) in [4.78, 5) is 22.9. The summed E-state index contributed by atoms with van der Waals surface area (Å²) in [6.07, 6.45) is 10.2. The standard InChI is InChI=1S/C27H30N4O/c28-21-13-14-22-20(17-21)12-16-23-25(22)29-24(15-11-18-7-3-1-4-8-18)26(30-23)31-27(32)19-9-5-2-6-10-19/h2,5-6,9-10,13-14,17-18H,1,3-4,7-8,11-12,15-16,28H2,(H,30,31,32). The lowest BCUT2D eigenvalue weighted by atomic mass is 9.85. The molecule has 0 atom stereocenters. The Hall–Kier alpha value is -3.21. The van der Waals surface area contributed by atoms with E-state index in [9.17, 15) is 4.79 Å². The number of aromatic nitrogens is 2. The van der Waals surface area contributed by atoms with Gasteiger partial charge in [0.15, 0.2) is 5.82 Å². The number of fused-ring (bicyclic) bond motifs is 3. The number of aryl methyl sites for hydroxylation is 3. The van der Waals surface area contributed by atoms with Crippen molar-refractivity contribution in [1.29, 1.82) is 0 Å². The number of hydrogen-bond donors (Lipinski definition) is 2. The van der Waals surface area contributed by atoms with Gasteiger partial charge >= 0.3 is 0 Å². The highest BCUT2D eigenvalue weighted by Gasteiger charge is 2.23. The van der Waals surface area contributed by atoms with Crippen molar-refractivity contribution in [1.82, 2.24) is 9.97 Å². The number of hydrogen-bond acceptors (Lipinski definition) is 4. The van der Waals surface area contributed by atoms with E-state index in [4.69, 9.17) is 15.7 Å². The molecular weight excluding hydrogens is 396 g/mol. The maximum Gasteiger partial charge on any atom is 0.256 e. The second-order valence-corrected chi connectivity index (χ2v) is 9.09. The Morgan fingerprint density at radius 1 is 1.00 bits per heavy atom. The van der Waals surface area contributed by atoms with Gasteiger partial charge in [-0.05, 0) is 61.4 Å². The summed E-state index contributed by atoms with van der Waals surface area (Å²) < 4.78 is 0. The maximum atomic E-state index is 12.9. The van der Waals surface area contributed by atoms with E-state index in [0.29, 0.717) is 11.4 Å². The first-order chi connectivity index (χ1) is 15.7. The number of anilines is 2. The summed E-state index contributed by atoms with van der Waals surface area (Å²) in [6.45, 7) is 0. The van der Waals surface area contributed by atoms with E-state index in [1.54, 1.807) is 0 Å². The lowest BCUT2D eigenvalue weighted by Crippen LogP contribution is -2.19. The zero-order chi connectivity index (χ0) is 21.9. The normalized spacial score (nSPS) is 15.6. The van der Waals surface area contributed by atoms with Gasteiger partial charge < -0.3 is 11.1 Å². The van der Waals surface area contributed by atoms with E-state index < -0.39 is 0 Å². The molecule has 1 heterocycles. The van der Waals surface area contributed by atoms with Gasteiger partial charge in [0.2, 0.25) is 0 Å². The Morgan fingerprint density at radius 3 is 2.62 bits per heavy atom. The van der Waals surface area contributed by atoms with Gasteiger partial charge in [-0.3, -0.25) is 4.79 Å². The zero-order valence-corrected chi connectivity index (χ0v) is 18.4. The molecule has 0 aliphatic heterocycles. The lowest BCUT2D eigenvalue weighted by molar-refractivity contribution is 0.102. The van der Waals surface area contributed by atoms with Crippen LogP contribution in [0.25, 0.3) is 11.3 Å². The molecule has 32 heavy (non-hydrogen) atoms. The second kappa shape index (κ2) is 9.11. The topological polar surface area (TPSA) is 80.9 Å². The fraction of sp³-hybridized carbons (Fsp3) is 0.370. The summed E-state index contributed by atoms with van der Waals surface area (Å²) in [5.74, 6) is 1.22. The number of nitrogens with one attached hydrogen (secondary N) is 1. The fourth-order valence-electron chi connectivity index (χ4n) is 5.06. The highest BCUT2D eigenvalue weighted by atomic mass is 16.1. The highest BCUT2D eigenvalue weighted by Crippen LogP contribution is 2.35. The third-order valence-corrected chi connectivity index (χ3v) is 6.84. The predicted octanol–water partition coefficient (Wildman–Crippen LogP) is 5.59. The summed E-state index contributed by atoms with van der Waals surface area (Å²) in [7, 11) is 0. The van der Waals surface area contributed by atoms with Gasteiger partial charge in [0.25, 0.3) is 5.91 Å². The molecule has 0 saturated heterocycles. The van der Waals surface area contributed by atoms with Crippen LogP contribution in [-0.2, 0) is 19.3 Å². The number of nitrogens with zero attached hydrogens (tertiary/aromatic N) is 2. The molecule has 5 heteroatoms. The smallest absolute Gasteiger partial charge is 0.256 e. The average molecular weight is 427 g/mol. The second-order valence-electron chi connectivity index (χ2n) is 9.09. The summed E-state index contributed by atoms with van der Waals surface area (Å²) in [6, 6.07) is 15.3. The summed E-state index contributed by atoms with van der Waals surface area (Å²) in [5.41, 5.74) is 12.6. The molecule has 5 rings (SSSR count). The molecule has 3 N–H and O–H groups in total. The van der Waals surface area contributed by atoms with E-state index >= 15 is 0 Å². The first-order valence-corrected chi connectivity index (χ1v) is 11.8. The van der Waals surface area contributed by atoms with Crippen LogP contribution >= 0.6 is 0 Å². The van der Waals surface area contributed by atoms with Crippen LogP contribution in [0.15, 0.2) is 48.5 Å². The number of benzene rings is 2. The van der Waals surface area contributed by atoms with E-state index in [2.05, 4.69) is 11.4 Å². The summed E-state index contributed by atoms with van der Waals surface area (Å²) >= 11 is 0. The van der Waals surface area contributed by atoms with Crippen molar-refractivity contribution in [3.8, 4) is 11.3 Å². The third kappa shape index (κ3) is 4.38. The van der Waals surface area contributed by atoms with Crippen LogP contribution in [0.4, 0.5) is 11.5 Å². The van der Waals surface area contributed by atoms with Crippen LogP contribution in [-0.4, -0.2) is 15.9 Å². The quantitative estimate of drug-likeness (QED) is 0.521. The van der Waals surface area contributed by atoms with Gasteiger partial charge in [0, 0.05) is 16.8 Å². The number of amides is 1. The molecule has 5 nitrogen and oxygen atoms in total. The Bertz CT molecular complexity index is 1120. The first kappa shape index (κ1) is 20.7. The Kier molecular flexibility index (Phi) is 5.89. The SMILES string of the molecule is Nc1ccc2c(c1)CCc1nc(NC(=O)c3ccccc3)c(CCC3CCCCC3)nc1-2. The van der Waals surface area contributed by atoms with Crippen molar-refractivity contribution in [2.45, 2.75) is 57.8 Å². The molecule has 2 aliphatic rings. The molecule has 164 valence electrons. The molecule has 2 aromatic carbocycles. The van der Waals surface area contributed by atoms with E-state index in [1.165, 1.54) is 37.7 Å². The van der Waals surface area contributed by atoms with Crippen LogP contribution in [0, 0.1) is 5.92 Å². The van der Waals surface area contributed by atoms with Crippen molar-refractivity contribution in [3.63, 3.8) is 0 Å². The van der Waals surface area contributed by atoms with E-state index in [1.807, 2.05) is 42.5 Å². The van der Waals surface area contributed by atoms with Crippen molar-refractivity contribution in [2.75, 3.05) is 11.1 Å². The Morgan fingerprint density at radius 2 is 1.81 bits per heavy atom. The molecule has 1 amide bonds. The van der Waals surface area contributed by atoms with Crippen LogP contribution in [0.3, 0.4) is 0 Å². The highest BCUT2D eigenvalue weighted by molar-refractivity contribution is 6.04. The van der Waals surface area contributed by atoms with Gasteiger partial charge in [-0.25, -0.2) is 9.97 Å². The van der Waals surface area contributed by atoms with E-state index in [-0.39, 0.29) is 5.91 Å².